The van der Waals surface area contributed by atoms with Crippen LogP contribution in [0, 0.1) is 10.1 Å². The number of carbonyl (C=O) groups is 2. The van der Waals surface area contributed by atoms with E-state index in [2.05, 4.69) is 5.32 Å². The minimum Gasteiger partial charge on any atom is -0.466 e. The van der Waals surface area contributed by atoms with Crippen molar-refractivity contribution in [2.45, 2.75) is 32.7 Å². The third-order valence-electron chi connectivity index (χ3n) is 3.80. The summed E-state index contributed by atoms with van der Waals surface area (Å²) in [7, 11) is 1.78. The molecule has 8 heteroatoms. The first-order valence-corrected chi connectivity index (χ1v) is 8.22. The van der Waals surface area contributed by atoms with Crippen molar-refractivity contribution in [2.24, 2.45) is 0 Å². The van der Waals surface area contributed by atoms with Crippen molar-refractivity contribution in [3.05, 3.63) is 39.9 Å². The Morgan fingerprint density at radius 1 is 1.40 bits per heavy atom. The number of rotatable bonds is 10. The van der Waals surface area contributed by atoms with E-state index in [1.54, 1.807) is 31.0 Å². The molecule has 1 amide bonds. The van der Waals surface area contributed by atoms with E-state index in [0.29, 0.717) is 19.6 Å². The zero-order valence-corrected chi connectivity index (χ0v) is 14.9. The summed E-state index contributed by atoms with van der Waals surface area (Å²) >= 11 is 0. The number of amides is 1. The van der Waals surface area contributed by atoms with Gasteiger partial charge < -0.3 is 10.1 Å². The lowest BCUT2D eigenvalue weighted by Gasteiger charge is -2.24. The molecule has 0 fully saturated rings. The van der Waals surface area contributed by atoms with E-state index in [-0.39, 0.29) is 36.6 Å². The molecule has 0 aliphatic carbocycles. The van der Waals surface area contributed by atoms with Crippen molar-refractivity contribution in [1.82, 2.24) is 10.2 Å². The first kappa shape index (κ1) is 20.6. The maximum Gasteiger partial charge on any atom is 0.305 e. The average Bonchev–Trinajstić information content (AvgIpc) is 2.58. The second-order valence-corrected chi connectivity index (χ2v) is 5.70. The van der Waals surface area contributed by atoms with Gasteiger partial charge in [0.25, 0.3) is 5.69 Å². The fourth-order valence-electron chi connectivity index (χ4n) is 2.27. The Balaban J connectivity index is 2.42. The van der Waals surface area contributed by atoms with Gasteiger partial charge in [0.15, 0.2) is 0 Å². The van der Waals surface area contributed by atoms with Gasteiger partial charge in [-0.3, -0.25) is 24.6 Å². The fourth-order valence-corrected chi connectivity index (χ4v) is 2.27. The van der Waals surface area contributed by atoms with E-state index in [1.807, 2.05) is 6.92 Å². The lowest BCUT2D eigenvalue weighted by atomic mass is 10.1. The Labute approximate surface area is 147 Å². The Morgan fingerprint density at radius 3 is 2.76 bits per heavy atom. The fraction of sp³-hybridized carbons (Fsp3) is 0.529. The van der Waals surface area contributed by atoms with Crippen LogP contribution in [0.3, 0.4) is 0 Å². The van der Waals surface area contributed by atoms with E-state index in [9.17, 15) is 19.7 Å². The predicted molar refractivity (Wildman–Crippen MR) is 93.0 cm³/mol. The molecule has 0 unspecified atom stereocenters. The SMILES string of the molecule is CCOC(=O)CCCNC(=O)CN(C)[C@@H](C)c1cccc([N+](=O)[O-])c1. The van der Waals surface area contributed by atoms with Gasteiger partial charge >= 0.3 is 5.97 Å². The summed E-state index contributed by atoms with van der Waals surface area (Å²) in [5.74, 6) is -0.434. The van der Waals surface area contributed by atoms with Crippen molar-refractivity contribution in [2.75, 3.05) is 26.7 Å². The van der Waals surface area contributed by atoms with Crippen LogP contribution < -0.4 is 5.32 Å². The highest BCUT2D eigenvalue weighted by Crippen LogP contribution is 2.22. The first-order chi connectivity index (χ1) is 11.8. The van der Waals surface area contributed by atoms with E-state index >= 15 is 0 Å². The van der Waals surface area contributed by atoms with Crippen LogP contribution in [0.5, 0.6) is 0 Å². The third kappa shape index (κ3) is 7.30. The van der Waals surface area contributed by atoms with Crippen LogP contribution >= 0.6 is 0 Å². The molecule has 1 atom stereocenters. The van der Waals surface area contributed by atoms with Crippen LogP contribution in [0.15, 0.2) is 24.3 Å². The molecule has 1 aromatic rings. The highest BCUT2D eigenvalue weighted by Gasteiger charge is 2.17. The molecule has 0 saturated heterocycles. The molecule has 0 spiro atoms. The van der Waals surface area contributed by atoms with Crippen LogP contribution in [-0.2, 0) is 14.3 Å². The molecular formula is C17H25N3O5. The van der Waals surface area contributed by atoms with Crippen LogP contribution in [0.4, 0.5) is 5.69 Å². The molecule has 1 N–H and O–H groups in total. The number of hydrogen-bond acceptors (Lipinski definition) is 6. The van der Waals surface area contributed by atoms with E-state index in [4.69, 9.17) is 4.74 Å². The van der Waals surface area contributed by atoms with Crippen LogP contribution in [-0.4, -0.2) is 48.4 Å². The molecule has 138 valence electrons. The maximum absolute atomic E-state index is 12.0. The van der Waals surface area contributed by atoms with Gasteiger partial charge in [-0.2, -0.15) is 0 Å². The van der Waals surface area contributed by atoms with Gasteiger partial charge in [-0.15, -0.1) is 0 Å². The standard InChI is InChI=1S/C17H25N3O5/c1-4-25-17(22)9-6-10-18-16(21)12-19(3)13(2)14-7-5-8-15(11-14)20(23)24/h5,7-8,11,13H,4,6,9-10,12H2,1-3H3,(H,18,21)/t13-/m0/s1. The molecule has 25 heavy (non-hydrogen) atoms. The second-order valence-electron chi connectivity index (χ2n) is 5.70. The number of nitrogens with zero attached hydrogens (tertiary/aromatic N) is 2. The number of nitrogens with one attached hydrogen (secondary N) is 1. The van der Waals surface area contributed by atoms with Crippen molar-refractivity contribution in [1.29, 1.82) is 0 Å². The maximum atomic E-state index is 12.0. The van der Waals surface area contributed by atoms with E-state index < -0.39 is 4.92 Å². The van der Waals surface area contributed by atoms with Crippen molar-refractivity contribution in [3.8, 4) is 0 Å². The highest BCUT2D eigenvalue weighted by atomic mass is 16.6. The van der Waals surface area contributed by atoms with Gasteiger partial charge in [0.05, 0.1) is 18.1 Å². The minimum atomic E-state index is -0.438. The molecule has 0 radical (unpaired) electrons. The smallest absolute Gasteiger partial charge is 0.305 e. The minimum absolute atomic E-state index is 0.0289. The first-order valence-electron chi connectivity index (χ1n) is 8.22. The second kappa shape index (κ2) is 10.4. The van der Waals surface area contributed by atoms with Crippen LogP contribution in [0.25, 0.3) is 0 Å². The lowest BCUT2D eigenvalue weighted by Crippen LogP contribution is -2.36. The Morgan fingerprint density at radius 2 is 2.12 bits per heavy atom. The summed E-state index contributed by atoms with van der Waals surface area (Å²) in [6, 6.07) is 6.23. The number of ether oxygens (including phenoxy) is 1. The number of hydrogen-bond donors (Lipinski definition) is 1. The normalized spacial score (nSPS) is 11.8. The summed E-state index contributed by atoms with van der Waals surface area (Å²) in [6.45, 7) is 4.54. The number of nitro benzene ring substituents is 1. The predicted octanol–water partition coefficient (Wildman–Crippen LogP) is 2.05. The Bertz CT molecular complexity index is 606. The van der Waals surface area contributed by atoms with Gasteiger partial charge in [-0.25, -0.2) is 0 Å². The summed E-state index contributed by atoms with van der Waals surface area (Å²) < 4.78 is 4.81. The molecule has 8 nitrogen and oxygen atoms in total. The monoisotopic (exact) mass is 351 g/mol. The number of nitro groups is 1. The summed E-state index contributed by atoms with van der Waals surface area (Å²) in [5.41, 5.74) is 0.799. The molecule has 0 aromatic heterocycles. The van der Waals surface area contributed by atoms with Crippen molar-refractivity contribution < 1.29 is 19.2 Å². The van der Waals surface area contributed by atoms with Crippen molar-refractivity contribution >= 4 is 17.6 Å². The number of benzene rings is 1. The largest absolute Gasteiger partial charge is 0.466 e. The molecule has 0 aliphatic rings. The molecule has 0 saturated carbocycles. The Kier molecular flexibility index (Phi) is 8.55. The molecular weight excluding hydrogens is 326 g/mol. The van der Waals surface area contributed by atoms with E-state index in [1.165, 1.54) is 12.1 Å². The number of non-ortho nitro benzene ring substituents is 1. The summed E-state index contributed by atoms with van der Waals surface area (Å²) in [5, 5.41) is 13.6. The zero-order chi connectivity index (χ0) is 18.8. The molecule has 1 aromatic carbocycles. The molecule has 0 bridgehead atoms. The van der Waals surface area contributed by atoms with Gasteiger partial charge in [-0.1, -0.05) is 12.1 Å². The molecule has 1 rings (SSSR count). The molecule has 0 heterocycles. The highest BCUT2D eigenvalue weighted by molar-refractivity contribution is 5.78. The van der Waals surface area contributed by atoms with Gasteiger partial charge in [-0.05, 0) is 32.9 Å². The van der Waals surface area contributed by atoms with E-state index in [0.717, 1.165) is 5.56 Å². The number of esters is 1. The van der Waals surface area contributed by atoms with Gasteiger partial charge in [0.2, 0.25) is 5.91 Å². The van der Waals surface area contributed by atoms with Crippen molar-refractivity contribution in [3.63, 3.8) is 0 Å². The van der Waals surface area contributed by atoms with Gasteiger partial charge in [0, 0.05) is 31.1 Å². The van der Waals surface area contributed by atoms with Crippen LogP contribution in [0.2, 0.25) is 0 Å². The van der Waals surface area contributed by atoms with Crippen LogP contribution in [0.1, 0.15) is 38.3 Å². The quantitative estimate of drug-likeness (QED) is 0.300. The topological polar surface area (TPSA) is 102 Å². The number of likely N-dealkylation sites (N-methyl/N-ethyl adjacent to an activating group) is 1. The Hall–Kier alpha value is -2.48. The third-order valence-corrected chi connectivity index (χ3v) is 3.80. The zero-order valence-electron chi connectivity index (χ0n) is 14.9. The molecule has 0 aliphatic heterocycles. The average molecular weight is 351 g/mol. The summed E-state index contributed by atoms with van der Waals surface area (Å²) in [4.78, 5) is 35.4. The number of carbonyl (C=O) groups excluding carboxylic acids is 2. The summed E-state index contributed by atoms with van der Waals surface area (Å²) in [6.07, 6.45) is 0.794. The van der Waals surface area contributed by atoms with Gasteiger partial charge in [0.1, 0.15) is 0 Å². The lowest BCUT2D eigenvalue weighted by molar-refractivity contribution is -0.384.